The summed E-state index contributed by atoms with van der Waals surface area (Å²) >= 11 is 13.3. The summed E-state index contributed by atoms with van der Waals surface area (Å²) in [5.41, 5.74) is 1.91. The number of benzene rings is 3. The van der Waals surface area contributed by atoms with Crippen LogP contribution in [0, 0.1) is 11.6 Å². The third-order valence-corrected chi connectivity index (χ3v) is 8.58. The first-order chi connectivity index (χ1) is 17.5. The molecule has 3 aromatic carbocycles. The lowest BCUT2D eigenvalue weighted by atomic mass is 9.81. The van der Waals surface area contributed by atoms with Crippen molar-refractivity contribution < 1.29 is 21.9 Å². The Labute approximate surface area is 229 Å². The molecule has 5 nitrogen and oxygen atoms in total. The molecule has 0 saturated heterocycles. The standard InChI is InChI=1S/C26H22Cl2F2N2O3S2/c1-26(2,16-5-11-19(27)21(12-16)35-3)22-13-31-25(32(22)18-8-6-17(29)7-9-18)36-14-15-4-10-20(28)24(23(15)30)37(33)34/h4-13,37H,14H2,1-3H3. The molecule has 1 aromatic heterocycles. The predicted molar refractivity (Wildman–Crippen MR) is 143 cm³/mol. The van der Waals surface area contributed by atoms with Crippen LogP contribution in [0.1, 0.15) is 30.7 Å². The topological polar surface area (TPSA) is 61.2 Å². The van der Waals surface area contributed by atoms with Crippen LogP contribution in [-0.4, -0.2) is 25.1 Å². The molecule has 0 aliphatic heterocycles. The Bertz CT molecular complexity index is 1530. The number of halogens is 4. The predicted octanol–water partition coefficient (Wildman–Crippen LogP) is 7.05. The second-order valence-electron chi connectivity index (χ2n) is 8.63. The van der Waals surface area contributed by atoms with E-state index in [1.165, 1.54) is 36.0 Å². The van der Waals surface area contributed by atoms with Gasteiger partial charge in [-0.05, 0) is 53.6 Å². The van der Waals surface area contributed by atoms with E-state index in [1.807, 2.05) is 30.5 Å². The molecule has 0 aliphatic rings. The fourth-order valence-corrected chi connectivity index (χ4v) is 5.99. The van der Waals surface area contributed by atoms with Gasteiger partial charge in [0.2, 0.25) is 0 Å². The number of hydrogen-bond donors (Lipinski definition) is 1. The molecule has 0 bridgehead atoms. The molecular formula is C26H22Cl2F2N2O3S2. The van der Waals surface area contributed by atoms with Gasteiger partial charge in [0, 0.05) is 16.9 Å². The maximum Gasteiger partial charge on any atom is 0.173 e. The summed E-state index contributed by atoms with van der Waals surface area (Å²) in [6, 6.07) is 14.3. The number of methoxy groups -OCH3 is 1. The number of nitrogens with zero attached hydrogens (tertiary/aromatic N) is 2. The zero-order valence-corrected chi connectivity index (χ0v) is 23.2. The maximum atomic E-state index is 14.9. The van der Waals surface area contributed by atoms with E-state index in [4.69, 9.17) is 27.9 Å². The van der Waals surface area contributed by atoms with E-state index in [0.29, 0.717) is 21.6 Å². The van der Waals surface area contributed by atoms with Crippen molar-refractivity contribution in [2.24, 2.45) is 0 Å². The quantitative estimate of drug-likeness (QED) is 0.178. The van der Waals surface area contributed by atoms with E-state index in [0.717, 1.165) is 11.3 Å². The fraction of sp³-hybridized carbons (Fsp3) is 0.192. The normalized spacial score (nSPS) is 11.8. The second kappa shape index (κ2) is 11.0. The number of rotatable bonds is 8. The summed E-state index contributed by atoms with van der Waals surface area (Å²) in [5, 5.41) is 0.824. The molecule has 194 valence electrons. The fourth-order valence-electron chi connectivity index (χ4n) is 3.92. The number of ether oxygens (including phenoxy) is 1. The lowest BCUT2D eigenvalue weighted by Crippen LogP contribution is -2.23. The van der Waals surface area contributed by atoms with Crippen LogP contribution >= 0.6 is 35.0 Å². The Hall–Kier alpha value is -2.59. The van der Waals surface area contributed by atoms with Gasteiger partial charge in [-0.25, -0.2) is 22.2 Å². The molecule has 0 aliphatic carbocycles. The van der Waals surface area contributed by atoms with Crippen molar-refractivity contribution in [3.05, 3.63) is 99.3 Å². The Kier molecular flexibility index (Phi) is 8.18. The highest BCUT2D eigenvalue weighted by Crippen LogP contribution is 2.39. The first-order valence-electron chi connectivity index (χ1n) is 11.0. The molecule has 4 aromatic rings. The van der Waals surface area contributed by atoms with Gasteiger partial charge in [0.25, 0.3) is 0 Å². The van der Waals surface area contributed by atoms with Gasteiger partial charge in [0.1, 0.15) is 22.3 Å². The van der Waals surface area contributed by atoms with Crippen LogP contribution in [-0.2, 0) is 21.9 Å². The monoisotopic (exact) mass is 582 g/mol. The minimum absolute atomic E-state index is 0.0893. The maximum absolute atomic E-state index is 14.9. The van der Waals surface area contributed by atoms with Crippen LogP contribution in [0.3, 0.4) is 0 Å². The first kappa shape index (κ1) is 27.4. The summed E-state index contributed by atoms with van der Waals surface area (Å²) < 4.78 is 58.9. The van der Waals surface area contributed by atoms with E-state index in [2.05, 4.69) is 4.98 Å². The van der Waals surface area contributed by atoms with Crippen molar-refractivity contribution in [1.82, 2.24) is 9.55 Å². The molecule has 0 atom stereocenters. The number of imidazole rings is 1. The van der Waals surface area contributed by atoms with Crippen LogP contribution in [0.15, 0.2) is 70.8 Å². The highest BCUT2D eigenvalue weighted by atomic mass is 35.5. The van der Waals surface area contributed by atoms with Crippen LogP contribution in [0.4, 0.5) is 8.78 Å². The van der Waals surface area contributed by atoms with E-state index in [-0.39, 0.29) is 22.2 Å². The number of thioether (sulfide) groups is 1. The summed E-state index contributed by atoms with van der Waals surface area (Å²) in [4.78, 5) is 4.06. The van der Waals surface area contributed by atoms with E-state index < -0.39 is 26.8 Å². The van der Waals surface area contributed by atoms with E-state index >= 15 is 0 Å². The Morgan fingerprint density at radius 3 is 2.35 bits per heavy atom. The zero-order valence-electron chi connectivity index (χ0n) is 20.0. The minimum atomic E-state index is -3.20. The van der Waals surface area contributed by atoms with Gasteiger partial charge in [-0.3, -0.25) is 4.57 Å². The third-order valence-electron chi connectivity index (χ3n) is 6.01. The van der Waals surface area contributed by atoms with Gasteiger partial charge in [-0.1, -0.05) is 60.9 Å². The van der Waals surface area contributed by atoms with Gasteiger partial charge < -0.3 is 4.74 Å². The highest BCUT2D eigenvalue weighted by molar-refractivity contribution is 7.98. The number of hydrogen-bond acceptors (Lipinski definition) is 5. The van der Waals surface area contributed by atoms with Crippen molar-refractivity contribution in [3.63, 3.8) is 0 Å². The average Bonchev–Trinajstić information content (AvgIpc) is 3.29. The average molecular weight is 584 g/mol. The molecule has 11 heteroatoms. The van der Waals surface area contributed by atoms with Gasteiger partial charge in [0.15, 0.2) is 15.9 Å². The molecule has 37 heavy (non-hydrogen) atoms. The summed E-state index contributed by atoms with van der Waals surface area (Å²) in [7, 11) is -1.66. The van der Waals surface area contributed by atoms with Crippen molar-refractivity contribution in [2.75, 3.05) is 7.11 Å². The molecular weight excluding hydrogens is 561 g/mol. The molecule has 4 rings (SSSR count). The van der Waals surface area contributed by atoms with Crippen LogP contribution in [0.25, 0.3) is 5.69 Å². The zero-order chi connectivity index (χ0) is 26.9. The van der Waals surface area contributed by atoms with Crippen molar-refractivity contribution in [1.29, 1.82) is 0 Å². The van der Waals surface area contributed by atoms with Gasteiger partial charge in [-0.15, -0.1) is 0 Å². The Balaban J connectivity index is 1.79. The molecule has 0 unspecified atom stereocenters. The van der Waals surface area contributed by atoms with E-state index in [9.17, 15) is 17.2 Å². The van der Waals surface area contributed by atoms with Gasteiger partial charge in [0.05, 0.1) is 29.0 Å². The largest absolute Gasteiger partial charge is 0.495 e. The van der Waals surface area contributed by atoms with Crippen LogP contribution in [0.2, 0.25) is 10.0 Å². The van der Waals surface area contributed by atoms with Crippen LogP contribution in [0.5, 0.6) is 5.75 Å². The lowest BCUT2D eigenvalue weighted by Gasteiger charge is -2.28. The Morgan fingerprint density at radius 2 is 1.70 bits per heavy atom. The SMILES string of the molecule is COc1cc(C(C)(C)c2cnc(SCc3ccc(Cl)c([SH](=O)=O)c3F)n2-c2ccc(F)cc2)ccc1Cl. The second-order valence-corrected chi connectivity index (χ2v) is 11.3. The van der Waals surface area contributed by atoms with Gasteiger partial charge >= 0.3 is 0 Å². The number of aromatic nitrogens is 2. The summed E-state index contributed by atoms with van der Waals surface area (Å²) in [6.45, 7) is 4.02. The highest BCUT2D eigenvalue weighted by Gasteiger charge is 2.30. The lowest BCUT2D eigenvalue weighted by molar-refractivity contribution is 0.413. The molecule has 0 radical (unpaired) electrons. The number of thiol groups is 1. The van der Waals surface area contributed by atoms with Gasteiger partial charge in [-0.2, -0.15) is 0 Å². The smallest absolute Gasteiger partial charge is 0.173 e. The molecule has 0 fully saturated rings. The molecule has 0 amide bonds. The van der Waals surface area contributed by atoms with Crippen molar-refractivity contribution in [3.8, 4) is 11.4 Å². The minimum Gasteiger partial charge on any atom is -0.495 e. The summed E-state index contributed by atoms with van der Waals surface area (Å²) in [5.74, 6) is -0.652. The van der Waals surface area contributed by atoms with Crippen LogP contribution < -0.4 is 4.74 Å². The Morgan fingerprint density at radius 1 is 1.03 bits per heavy atom. The molecule has 1 heterocycles. The summed E-state index contributed by atoms with van der Waals surface area (Å²) in [6.07, 6.45) is 1.71. The third kappa shape index (κ3) is 5.50. The molecule has 0 saturated carbocycles. The van der Waals surface area contributed by atoms with Crippen molar-refractivity contribution in [2.45, 2.75) is 35.1 Å². The van der Waals surface area contributed by atoms with Crippen molar-refractivity contribution >= 4 is 45.7 Å². The first-order valence-corrected chi connectivity index (χ1v) is 13.9. The van der Waals surface area contributed by atoms with E-state index in [1.54, 1.807) is 31.5 Å². The molecule has 0 N–H and O–H groups in total. The molecule has 0 spiro atoms.